The molecular weight excluding hydrogens is 561 g/mol. The summed E-state index contributed by atoms with van der Waals surface area (Å²) in [5.41, 5.74) is 1.21. The van der Waals surface area contributed by atoms with Crippen LogP contribution in [0.5, 0.6) is 11.5 Å². The van der Waals surface area contributed by atoms with Gasteiger partial charge in [-0.3, -0.25) is 13.9 Å². The molecule has 4 rings (SSSR count). The predicted octanol–water partition coefficient (Wildman–Crippen LogP) is 4.12. The van der Waals surface area contributed by atoms with Gasteiger partial charge >= 0.3 is 0 Å². The third kappa shape index (κ3) is 7.58. The van der Waals surface area contributed by atoms with Crippen molar-refractivity contribution in [3.63, 3.8) is 0 Å². The Morgan fingerprint density at radius 3 is 2.36 bits per heavy atom. The van der Waals surface area contributed by atoms with Crippen LogP contribution >= 0.6 is 0 Å². The zero-order valence-corrected chi connectivity index (χ0v) is 24.8. The maximum atomic E-state index is 14.9. The van der Waals surface area contributed by atoms with Crippen molar-refractivity contribution in [2.45, 2.75) is 39.8 Å². The normalized spacial score (nSPS) is 13.1. The number of anilines is 1. The van der Waals surface area contributed by atoms with Crippen molar-refractivity contribution in [2.24, 2.45) is 5.92 Å². The van der Waals surface area contributed by atoms with Crippen LogP contribution in [-0.4, -0.2) is 56.8 Å². The van der Waals surface area contributed by atoms with Gasteiger partial charge in [0.1, 0.15) is 18.4 Å². The fraction of sp³-hybridized carbons (Fsp3) is 0.355. The molecule has 3 aromatic carbocycles. The lowest BCUT2D eigenvalue weighted by molar-refractivity contribution is -0.140. The van der Waals surface area contributed by atoms with E-state index in [2.05, 4.69) is 5.32 Å². The molecule has 0 aliphatic carbocycles. The fourth-order valence-corrected chi connectivity index (χ4v) is 5.60. The van der Waals surface area contributed by atoms with Crippen LogP contribution in [0, 0.1) is 11.7 Å². The van der Waals surface area contributed by atoms with Gasteiger partial charge in [0.15, 0.2) is 11.5 Å². The number of halogens is 1. The van der Waals surface area contributed by atoms with E-state index >= 15 is 0 Å². The molecule has 1 heterocycles. The first-order valence-corrected chi connectivity index (χ1v) is 15.4. The van der Waals surface area contributed by atoms with Crippen molar-refractivity contribution >= 4 is 27.5 Å². The number of hydrogen-bond acceptors (Lipinski definition) is 6. The smallest absolute Gasteiger partial charge is 0.244 e. The molecule has 1 aliphatic rings. The third-order valence-corrected chi connectivity index (χ3v) is 8.62. The second-order valence-corrected chi connectivity index (χ2v) is 12.6. The average molecular weight is 598 g/mol. The second-order valence-electron chi connectivity index (χ2n) is 10.4. The average Bonchev–Trinajstić information content (AvgIpc) is 3.45. The van der Waals surface area contributed by atoms with E-state index in [9.17, 15) is 22.4 Å². The number of carbonyl (C=O) groups excluding carboxylic acids is 2. The highest BCUT2D eigenvalue weighted by Crippen LogP contribution is 2.36. The van der Waals surface area contributed by atoms with Crippen LogP contribution in [0.1, 0.15) is 31.9 Å². The number of sulfonamides is 1. The summed E-state index contributed by atoms with van der Waals surface area (Å²) in [5, 5.41) is 2.90. The minimum absolute atomic E-state index is 0.00131. The molecule has 11 heteroatoms. The summed E-state index contributed by atoms with van der Waals surface area (Å²) in [6.07, 6.45) is 0.148. The van der Waals surface area contributed by atoms with Gasteiger partial charge in [0.25, 0.3) is 0 Å². The van der Waals surface area contributed by atoms with Crippen molar-refractivity contribution in [1.82, 2.24) is 10.2 Å². The zero-order valence-electron chi connectivity index (χ0n) is 24.0. The van der Waals surface area contributed by atoms with Crippen LogP contribution in [-0.2, 0) is 32.6 Å². The van der Waals surface area contributed by atoms with E-state index < -0.39 is 40.2 Å². The Kier molecular flexibility index (Phi) is 10.1. The number of ether oxygens (including phenoxy) is 2. The molecule has 0 aromatic heterocycles. The van der Waals surface area contributed by atoms with Gasteiger partial charge < -0.3 is 19.7 Å². The Hall–Kier alpha value is -4.12. The molecular formula is C31H36FN3O6S. The summed E-state index contributed by atoms with van der Waals surface area (Å²) in [6.45, 7) is 4.92. The molecule has 0 fully saturated rings. The highest BCUT2D eigenvalue weighted by Gasteiger charge is 2.34. The predicted molar refractivity (Wildman–Crippen MR) is 158 cm³/mol. The molecule has 0 spiro atoms. The lowest BCUT2D eigenvalue weighted by Crippen LogP contribution is -2.54. The first-order chi connectivity index (χ1) is 20.1. The number of amides is 2. The molecule has 3 aromatic rings. The zero-order chi connectivity index (χ0) is 30.3. The maximum Gasteiger partial charge on any atom is 0.244 e. The maximum absolute atomic E-state index is 14.9. The molecule has 0 saturated heterocycles. The highest BCUT2D eigenvalue weighted by molar-refractivity contribution is 7.92. The van der Waals surface area contributed by atoms with E-state index in [4.69, 9.17) is 9.47 Å². The number of rotatable bonds is 13. The van der Waals surface area contributed by atoms with E-state index in [0.717, 1.165) is 9.87 Å². The van der Waals surface area contributed by atoms with Gasteiger partial charge in [-0.05, 0) is 36.6 Å². The number of hydrogen-bond donors (Lipinski definition) is 1. The molecule has 0 unspecified atom stereocenters. The quantitative estimate of drug-likeness (QED) is 0.318. The van der Waals surface area contributed by atoms with Crippen LogP contribution in [0.2, 0.25) is 0 Å². The summed E-state index contributed by atoms with van der Waals surface area (Å²) in [4.78, 5) is 29.1. The Labute approximate surface area is 246 Å². The molecule has 42 heavy (non-hydrogen) atoms. The first-order valence-electron chi connectivity index (χ1n) is 13.8. The minimum Gasteiger partial charge on any atom is -0.454 e. The van der Waals surface area contributed by atoms with E-state index in [-0.39, 0.29) is 42.7 Å². The second kappa shape index (κ2) is 13.7. The molecule has 0 bridgehead atoms. The molecule has 1 N–H and O–H groups in total. The van der Waals surface area contributed by atoms with Gasteiger partial charge in [-0.15, -0.1) is 0 Å². The van der Waals surface area contributed by atoms with Crippen molar-refractivity contribution in [1.29, 1.82) is 0 Å². The topological polar surface area (TPSA) is 105 Å². The lowest BCUT2D eigenvalue weighted by atomic mass is 10.0. The van der Waals surface area contributed by atoms with Gasteiger partial charge in [-0.25, -0.2) is 12.8 Å². The Morgan fingerprint density at radius 1 is 0.976 bits per heavy atom. The summed E-state index contributed by atoms with van der Waals surface area (Å²) in [6, 6.07) is 18.8. The molecule has 1 atom stereocenters. The molecule has 224 valence electrons. The number of fused-ring (bicyclic) bond motifs is 1. The van der Waals surface area contributed by atoms with Gasteiger partial charge in [0.05, 0.1) is 11.4 Å². The van der Waals surface area contributed by atoms with Crippen molar-refractivity contribution in [3.05, 3.63) is 89.7 Å². The third-order valence-electron chi connectivity index (χ3n) is 6.88. The van der Waals surface area contributed by atoms with Gasteiger partial charge in [-0.2, -0.15) is 0 Å². The summed E-state index contributed by atoms with van der Waals surface area (Å²) in [5.74, 6) is -0.911. The minimum atomic E-state index is -3.95. The molecule has 9 nitrogen and oxygen atoms in total. The largest absolute Gasteiger partial charge is 0.454 e. The van der Waals surface area contributed by atoms with Crippen LogP contribution in [0.15, 0.2) is 72.8 Å². The van der Waals surface area contributed by atoms with Crippen molar-refractivity contribution in [2.75, 3.05) is 29.9 Å². The number of carbonyl (C=O) groups is 2. The lowest BCUT2D eigenvalue weighted by Gasteiger charge is -2.34. The molecule has 0 saturated carbocycles. The molecule has 0 radical (unpaired) electrons. The SMILES string of the molecule is CCS(=O)(=O)N(CC(=O)N(Cc1ccccc1F)[C@H](Cc1ccccc1)C(=O)NCC(C)C)c1ccc2c(c1)OCO2. The fourth-order valence-electron chi connectivity index (χ4n) is 4.55. The number of benzene rings is 3. The monoisotopic (exact) mass is 597 g/mol. The highest BCUT2D eigenvalue weighted by atomic mass is 32.2. The van der Waals surface area contributed by atoms with E-state index in [1.54, 1.807) is 18.2 Å². The summed E-state index contributed by atoms with van der Waals surface area (Å²) < 4.78 is 53.2. The Balaban J connectivity index is 1.75. The number of nitrogens with zero attached hydrogens (tertiary/aromatic N) is 2. The Bertz CT molecular complexity index is 1500. The van der Waals surface area contributed by atoms with Crippen molar-refractivity contribution < 1.29 is 31.9 Å². The van der Waals surface area contributed by atoms with Crippen LogP contribution in [0.25, 0.3) is 0 Å². The van der Waals surface area contributed by atoms with Crippen LogP contribution < -0.4 is 19.1 Å². The van der Waals surface area contributed by atoms with E-state index in [0.29, 0.717) is 18.0 Å². The van der Waals surface area contributed by atoms with Crippen LogP contribution in [0.3, 0.4) is 0 Å². The van der Waals surface area contributed by atoms with Crippen LogP contribution in [0.4, 0.5) is 10.1 Å². The van der Waals surface area contributed by atoms with Gasteiger partial charge in [0, 0.05) is 31.1 Å². The molecule has 2 amide bonds. The van der Waals surface area contributed by atoms with Gasteiger partial charge in [0.2, 0.25) is 28.6 Å². The van der Waals surface area contributed by atoms with E-state index in [1.807, 2.05) is 44.2 Å². The Morgan fingerprint density at radius 2 is 1.67 bits per heavy atom. The number of nitrogens with one attached hydrogen (secondary N) is 1. The first kappa shape index (κ1) is 30.8. The standard InChI is InChI=1S/C31H36FN3O6S/c1-4-42(38,39)35(25-14-15-28-29(17-25)41-21-40-28)20-30(36)34(19-24-12-8-9-13-26(24)32)27(31(37)33-18-22(2)3)16-23-10-6-5-7-11-23/h5-15,17,22,27H,4,16,18-21H2,1-3H3,(H,33,37)/t27-/m1/s1. The summed E-state index contributed by atoms with van der Waals surface area (Å²) >= 11 is 0. The van der Waals surface area contributed by atoms with Crippen molar-refractivity contribution in [3.8, 4) is 11.5 Å². The molecule has 1 aliphatic heterocycles. The van der Waals surface area contributed by atoms with E-state index in [1.165, 1.54) is 36.1 Å². The van der Waals surface area contributed by atoms with Gasteiger partial charge in [-0.1, -0.05) is 62.4 Å². The summed E-state index contributed by atoms with van der Waals surface area (Å²) in [7, 11) is -3.95.